The van der Waals surface area contributed by atoms with Gasteiger partial charge in [-0.15, -0.1) is 0 Å². The molecule has 1 aromatic heterocycles. The van der Waals surface area contributed by atoms with Gasteiger partial charge in [-0.2, -0.15) is 10.1 Å². The molecule has 3 aromatic rings. The third-order valence-corrected chi connectivity index (χ3v) is 5.73. The van der Waals surface area contributed by atoms with Crippen LogP contribution in [0.3, 0.4) is 0 Å². The first-order valence-electron chi connectivity index (χ1n) is 12.1. The van der Waals surface area contributed by atoms with E-state index in [2.05, 4.69) is 41.4 Å². The van der Waals surface area contributed by atoms with Crippen molar-refractivity contribution in [2.24, 2.45) is 0 Å². The van der Waals surface area contributed by atoms with Crippen molar-refractivity contribution in [3.05, 3.63) is 76.8 Å². The minimum Gasteiger partial charge on any atom is -0.490 e. The Balaban J connectivity index is 1.73. The first-order valence-corrected chi connectivity index (χ1v) is 12.1. The topological polar surface area (TPSA) is 87.5 Å². The Labute approximate surface area is 205 Å². The maximum absolute atomic E-state index is 13.1. The lowest BCUT2D eigenvalue weighted by Gasteiger charge is -2.29. The van der Waals surface area contributed by atoms with E-state index in [0.29, 0.717) is 42.7 Å². The van der Waals surface area contributed by atoms with Crippen LogP contribution in [0.2, 0.25) is 0 Å². The number of ether oxygens (including phenoxy) is 3. The van der Waals surface area contributed by atoms with Crippen molar-refractivity contribution in [2.45, 2.75) is 53.2 Å². The molecule has 0 unspecified atom stereocenters. The number of fused-ring (bicyclic) bond motifs is 1. The van der Waals surface area contributed by atoms with Crippen LogP contribution >= 0.6 is 0 Å². The number of carbonyl (C=O) groups excluding carboxylic acids is 1. The number of nitrogens with one attached hydrogen (secondary N) is 1. The van der Waals surface area contributed by atoms with Crippen molar-refractivity contribution in [3.63, 3.8) is 0 Å². The maximum atomic E-state index is 13.1. The molecule has 2 heterocycles. The predicted molar refractivity (Wildman–Crippen MR) is 133 cm³/mol. The number of aryl methyl sites for hydroxylation is 1. The summed E-state index contributed by atoms with van der Waals surface area (Å²) in [5.41, 5.74) is 4.43. The molecule has 4 rings (SSSR count). The molecule has 2 aromatic carbocycles. The molecule has 0 amide bonds. The molecule has 1 N–H and O–H groups in total. The normalized spacial score (nSPS) is 14.8. The van der Waals surface area contributed by atoms with Gasteiger partial charge in [0.2, 0.25) is 5.95 Å². The van der Waals surface area contributed by atoms with Gasteiger partial charge in [0.05, 0.1) is 18.8 Å². The molecule has 1 aliphatic heterocycles. The molecule has 35 heavy (non-hydrogen) atoms. The molecule has 0 spiro atoms. The zero-order valence-corrected chi connectivity index (χ0v) is 20.7. The highest BCUT2D eigenvalue weighted by Crippen LogP contribution is 2.40. The van der Waals surface area contributed by atoms with Crippen molar-refractivity contribution in [1.82, 2.24) is 14.8 Å². The monoisotopic (exact) mass is 476 g/mol. The van der Waals surface area contributed by atoms with Crippen LogP contribution in [-0.4, -0.2) is 33.9 Å². The minimum atomic E-state index is -0.501. The Morgan fingerprint density at radius 2 is 1.91 bits per heavy atom. The zero-order chi connectivity index (χ0) is 24.8. The van der Waals surface area contributed by atoms with Crippen LogP contribution in [0.1, 0.15) is 56.3 Å². The fraction of sp³-hybridized carbons (Fsp3) is 0.370. The number of aromatic nitrogens is 3. The quantitative estimate of drug-likeness (QED) is 0.403. The third kappa shape index (κ3) is 5.31. The summed E-state index contributed by atoms with van der Waals surface area (Å²) in [5, 5.41) is 7.69. The van der Waals surface area contributed by atoms with Crippen molar-refractivity contribution in [2.75, 3.05) is 18.5 Å². The fourth-order valence-corrected chi connectivity index (χ4v) is 4.26. The Bertz CT molecular complexity index is 1220. The smallest absolute Gasteiger partial charge is 0.338 e. The standard InChI is InChI=1S/C27H32N4O4/c1-5-9-21-24(26(32)34-7-3)25(31-27(30-21)28-17-29-31)20-12-13-22(23(15-20)33-6-2)35-16-19-11-8-10-18(4)14-19/h8,10-15,17,25H,5-7,9,16H2,1-4H3,(H,28,29,30)/t25-/m0/s1. The van der Waals surface area contributed by atoms with E-state index in [0.717, 1.165) is 23.2 Å². The van der Waals surface area contributed by atoms with Crippen LogP contribution in [0, 0.1) is 6.92 Å². The largest absolute Gasteiger partial charge is 0.490 e. The van der Waals surface area contributed by atoms with Crippen molar-refractivity contribution < 1.29 is 19.0 Å². The first-order chi connectivity index (χ1) is 17.0. The van der Waals surface area contributed by atoms with Gasteiger partial charge in [0.1, 0.15) is 19.0 Å². The molecule has 1 aliphatic rings. The van der Waals surface area contributed by atoms with Gasteiger partial charge in [-0.05, 0) is 50.5 Å². The van der Waals surface area contributed by atoms with E-state index < -0.39 is 6.04 Å². The SMILES string of the molecule is CCCC1=C(C(=O)OCC)[C@H](c2ccc(OCc3cccc(C)c3)c(OCC)c2)n2ncnc2N1. The lowest BCUT2D eigenvalue weighted by Crippen LogP contribution is -2.30. The number of rotatable bonds is 10. The molecule has 0 radical (unpaired) electrons. The molecule has 0 saturated heterocycles. The molecule has 184 valence electrons. The van der Waals surface area contributed by atoms with Gasteiger partial charge in [-0.25, -0.2) is 9.48 Å². The number of nitrogens with zero attached hydrogens (tertiary/aromatic N) is 3. The van der Waals surface area contributed by atoms with E-state index in [1.165, 1.54) is 11.9 Å². The van der Waals surface area contributed by atoms with Gasteiger partial charge >= 0.3 is 5.97 Å². The summed E-state index contributed by atoms with van der Waals surface area (Å²) in [6.07, 6.45) is 3.03. The Morgan fingerprint density at radius 1 is 1.06 bits per heavy atom. The van der Waals surface area contributed by atoms with Gasteiger partial charge in [-0.1, -0.05) is 49.2 Å². The summed E-state index contributed by atoms with van der Waals surface area (Å²) in [6.45, 7) is 9.05. The second-order valence-electron chi connectivity index (χ2n) is 8.34. The highest BCUT2D eigenvalue weighted by atomic mass is 16.5. The Kier molecular flexibility index (Phi) is 7.70. The number of anilines is 1. The van der Waals surface area contributed by atoms with Crippen LogP contribution in [0.15, 0.2) is 60.1 Å². The number of benzene rings is 2. The number of hydrogen-bond donors (Lipinski definition) is 1. The van der Waals surface area contributed by atoms with E-state index in [4.69, 9.17) is 14.2 Å². The lowest BCUT2D eigenvalue weighted by atomic mass is 9.93. The number of hydrogen-bond acceptors (Lipinski definition) is 7. The van der Waals surface area contributed by atoms with Gasteiger partial charge in [0, 0.05) is 5.70 Å². The van der Waals surface area contributed by atoms with Crippen LogP contribution in [0.25, 0.3) is 0 Å². The van der Waals surface area contributed by atoms with Crippen molar-refractivity contribution in [3.8, 4) is 11.5 Å². The van der Waals surface area contributed by atoms with Crippen LogP contribution in [0.5, 0.6) is 11.5 Å². The van der Waals surface area contributed by atoms with E-state index in [1.807, 2.05) is 37.3 Å². The van der Waals surface area contributed by atoms with Gasteiger partial charge in [0.25, 0.3) is 0 Å². The fourth-order valence-electron chi connectivity index (χ4n) is 4.26. The van der Waals surface area contributed by atoms with Crippen LogP contribution in [0.4, 0.5) is 5.95 Å². The molecular weight excluding hydrogens is 444 g/mol. The zero-order valence-electron chi connectivity index (χ0n) is 20.7. The summed E-state index contributed by atoms with van der Waals surface area (Å²) in [4.78, 5) is 17.5. The maximum Gasteiger partial charge on any atom is 0.338 e. The Morgan fingerprint density at radius 3 is 2.66 bits per heavy atom. The molecule has 0 aliphatic carbocycles. The van der Waals surface area contributed by atoms with E-state index in [1.54, 1.807) is 11.6 Å². The molecule has 1 atom stereocenters. The number of esters is 1. The van der Waals surface area contributed by atoms with E-state index >= 15 is 0 Å². The number of carbonyl (C=O) groups is 1. The Hall–Kier alpha value is -3.81. The molecular formula is C27H32N4O4. The molecule has 8 heteroatoms. The lowest BCUT2D eigenvalue weighted by molar-refractivity contribution is -0.139. The summed E-state index contributed by atoms with van der Waals surface area (Å²) in [7, 11) is 0. The molecule has 8 nitrogen and oxygen atoms in total. The average Bonchev–Trinajstić information content (AvgIpc) is 3.31. The van der Waals surface area contributed by atoms with E-state index in [9.17, 15) is 4.79 Å². The summed E-state index contributed by atoms with van der Waals surface area (Å²) < 4.78 is 19.2. The van der Waals surface area contributed by atoms with Gasteiger partial charge < -0.3 is 19.5 Å². The second-order valence-corrected chi connectivity index (χ2v) is 8.34. The summed E-state index contributed by atoms with van der Waals surface area (Å²) in [6, 6.07) is 13.5. The third-order valence-electron chi connectivity index (χ3n) is 5.73. The highest BCUT2D eigenvalue weighted by molar-refractivity contribution is 5.92. The van der Waals surface area contributed by atoms with E-state index in [-0.39, 0.29) is 12.6 Å². The molecule has 0 fully saturated rings. The summed E-state index contributed by atoms with van der Waals surface area (Å²) >= 11 is 0. The van der Waals surface area contributed by atoms with Crippen LogP contribution < -0.4 is 14.8 Å². The van der Waals surface area contributed by atoms with Crippen molar-refractivity contribution >= 4 is 11.9 Å². The average molecular weight is 477 g/mol. The predicted octanol–water partition coefficient (Wildman–Crippen LogP) is 5.20. The second kappa shape index (κ2) is 11.1. The van der Waals surface area contributed by atoms with Gasteiger partial charge in [-0.3, -0.25) is 0 Å². The van der Waals surface area contributed by atoms with Gasteiger partial charge in [0.15, 0.2) is 11.5 Å². The molecule has 0 bridgehead atoms. The molecule has 0 saturated carbocycles. The number of allylic oxidation sites excluding steroid dienone is 1. The summed E-state index contributed by atoms with van der Waals surface area (Å²) in [5.74, 6) is 1.47. The first kappa shape index (κ1) is 24.3. The highest BCUT2D eigenvalue weighted by Gasteiger charge is 2.35. The van der Waals surface area contributed by atoms with Crippen LogP contribution in [-0.2, 0) is 16.1 Å². The van der Waals surface area contributed by atoms with Crippen molar-refractivity contribution in [1.29, 1.82) is 0 Å². The minimum absolute atomic E-state index is 0.286.